The monoisotopic (exact) mass is 387 g/mol. The number of H-pyrrole nitrogens is 1. The highest BCUT2D eigenvalue weighted by Crippen LogP contribution is 2.20. The largest absolute Gasteiger partial charge is 0.361 e. The number of fused-ring (bicyclic) bond motifs is 1. The van der Waals surface area contributed by atoms with Crippen molar-refractivity contribution in [3.8, 4) is 11.3 Å². The zero-order valence-electron chi connectivity index (χ0n) is 16.7. The normalized spacial score (nSPS) is 11.7. The van der Waals surface area contributed by atoms with Crippen molar-refractivity contribution in [2.75, 3.05) is 13.6 Å². The number of benzene rings is 2. The lowest BCUT2D eigenvalue weighted by Gasteiger charge is -2.10. The first-order valence-electron chi connectivity index (χ1n) is 9.75. The Bertz CT molecular complexity index is 1110. The minimum Gasteiger partial charge on any atom is -0.361 e. The van der Waals surface area contributed by atoms with Crippen LogP contribution < -0.4 is 10.6 Å². The number of nitrogens with one attached hydrogen (secondary N) is 3. The lowest BCUT2D eigenvalue weighted by molar-refractivity contribution is 0.422. The van der Waals surface area contributed by atoms with Gasteiger partial charge in [-0.1, -0.05) is 47.6 Å². The SMILES string of the molecule is CN=C(NCCc1c[nH]c2cc(C)ccc12)NCc1cc(-c2ccccc2)on1. The van der Waals surface area contributed by atoms with Crippen LogP contribution in [0.4, 0.5) is 0 Å². The van der Waals surface area contributed by atoms with Crippen LogP contribution in [0.5, 0.6) is 0 Å². The van der Waals surface area contributed by atoms with Crippen LogP contribution >= 0.6 is 0 Å². The second-order valence-electron chi connectivity index (χ2n) is 7.01. The third-order valence-corrected chi connectivity index (χ3v) is 4.89. The van der Waals surface area contributed by atoms with E-state index in [1.165, 1.54) is 22.0 Å². The molecule has 6 nitrogen and oxygen atoms in total. The van der Waals surface area contributed by atoms with E-state index in [4.69, 9.17) is 4.52 Å². The summed E-state index contributed by atoms with van der Waals surface area (Å²) in [5.41, 5.74) is 5.59. The molecule has 0 radical (unpaired) electrons. The zero-order chi connectivity index (χ0) is 20.1. The summed E-state index contributed by atoms with van der Waals surface area (Å²) in [4.78, 5) is 7.64. The molecule has 0 spiro atoms. The Morgan fingerprint density at radius 1 is 1.10 bits per heavy atom. The lowest BCUT2D eigenvalue weighted by Crippen LogP contribution is -2.37. The summed E-state index contributed by atoms with van der Waals surface area (Å²) < 4.78 is 5.44. The van der Waals surface area contributed by atoms with Crippen LogP contribution in [0.25, 0.3) is 22.2 Å². The van der Waals surface area contributed by atoms with Gasteiger partial charge in [0.25, 0.3) is 0 Å². The van der Waals surface area contributed by atoms with E-state index >= 15 is 0 Å². The van der Waals surface area contributed by atoms with Gasteiger partial charge in [0.05, 0.1) is 6.54 Å². The Kier molecular flexibility index (Phi) is 5.61. The first-order valence-corrected chi connectivity index (χ1v) is 9.75. The Hall–Kier alpha value is -3.54. The highest BCUT2D eigenvalue weighted by Gasteiger charge is 2.08. The Labute approximate surface area is 170 Å². The number of aliphatic imine (C=N–C) groups is 1. The van der Waals surface area contributed by atoms with Crippen molar-refractivity contribution in [1.82, 2.24) is 20.8 Å². The Morgan fingerprint density at radius 2 is 1.97 bits per heavy atom. The molecule has 0 unspecified atom stereocenters. The predicted molar refractivity (Wildman–Crippen MR) is 117 cm³/mol. The summed E-state index contributed by atoms with van der Waals surface area (Å²) in [5.74, 6) is 1.50. The molecule has 0 atom stereocenters. The molecule has 0 fully saturated rings. The minimum absolute atomic E-state index is 0.544. The van der Waals surface area contributed by atoms with Gasteiger partial charge in [0, 0.05) is 42.3 Å². The second kappa shape index (κ2) is 8.65. The summed E-state index contributed by atoms with van der Waals surface area (Å²) in [7, 11) is 1.77. The maximum absolute atomic E-state index is 5.44. The maximum atomic E-state index is 5.44. The number of aryl methyl sites for hydroxylation is 1. The van der Waals surface area contributed by atoms with Crippen LogP contribution in [0, 0.1) is 6.92 Å². The molecule has 0 bridgehead atoms. The van der Waals surface area contributed by atoms with E-state index < -0.39 is 0 Å². The van der Waals surface area contributed by atoms with Crippen LogP contribution in [-0.2, 0) is 13.0 Å². The molecule has 3 N–H and O–H groups in total. The van der Waals surface area contributed by atoms with Crippen LogP contribution in [0.1, 0.15) is 16.8 Å². The number of rotatable bonds is 6. The topological polar surface area (TPSA) is 78.2 Å². The van der Waals surface area contributed by atoms with Crippen molar-refractivity contribution >= 4 is 16.9 Å². The number of hydrogen-bond acceptors (Lipinski definition) is 3. The average molecular weight is 387 g/mol. The fraction of sp³-hybridized carbons (Fsp3) is 0.217. The molecule has 4 aromatic rings. The number of aromatic nitrogens is 2. The van der Waals surface area contributed by atoms with Crippen LogP contribution in [0.2, 0.25) is 0 Å². The van der Waals surface area contributed by atoms with E-state index in [-0.39, 0.29) is 0 Å². The standard InChI is InChI=1S/C23H25N5O/c1-16-8-9-20-18(14-26-21(20)12-16)10-11-25-23(24-2)27-15-19-13-22(29-28-19)17-6-4-3-5-7-17/h3-9,12-14,26H,10-11,15H2,1-2H3,(H2,24,25,27). The van der Waals surface area contributed by atoms with Crippen LogP contribution in [-0.4, -0.2) is 29.7 Å². The van der Waals surface area contributed by atoms with Crippen molar-refractivity contribution in [1.29, 1.82) is 0 Å². The molecule has 2 aromatic heterocycles. The molecule has 0 saturated carbocycles. The van der Waals surface area contributed by atoms with Crippen LogP contribution in [0.3, 0.4) is 0 Å². The van der Waals surface area contributed by atoms with E-state index in [9.17, 15) is 0 Å². The van der Waals surface area contributed by atoms with Gasteiger partial charge in [-0.25, -0.2) is 0 Å². The summed E-state index contributed by atoms with van der Waals surface area (Å²) in [6, 6.07) is 18.4. The number of nitrogens with zero attached hydrogens (tertiary/aromatic N) is 2. The Balaban J connectivity index is 1.29. The molecule has 6 heteroatoms. The Morgan fingerprint density at radius 3 is 2.79 bits per heavy atom. The van der Waals surface area contributed by atoms with E-state index in [0.717, 1.165) is 35.9 Å². The first kappa shape index (κ1) is 18.8. The van der Waals surface area contributed by atoms with Crippen molar-refractivity contribution in [3.63, 3.8) is 0 Å². The number of hydrogen-bond donors (Lipinski definition) is 3. The van der Waals surface area contributed by atoms with Crippen molar-refractivity contribution in [2.24, 2.45) is 4.99 Å². The second-order valence-corrected chi connectivity index (χ2v) is 7.01. The fourth-order valence-corrected chi connectivity index (χ4v) is 3.35. The van der Waals surface area contributed by atoms with Crippen molar-refractivity contribution in [2.45, 2.75) is 19.9 Å². The first-order chi connectivity index (χ1) is 14.2. The quantitative estimate of drug-likeness (QED) is 0.345. The van der Waals surface area contributed by atoms with Gasteiger partial charge >= 0.3 is 0 Å². The van der Waals surface area contributed by atoms with E-state index in [1.807, 2.05) is 36.4 Å². The smallest absolute Gasteiger partial charge is 0.191 e. The van der Waals surface area contributed by atoms with Crippen molar-refractivity contribution in [3.05, 3.63) is 77.6 Å². The van der Waals surface area contributed by atoms with Crippen molar-refractivity contribution < 1.29 is 4.52 Å². The molecule has 29 heavy (non-hydrogen) atoms. The molecule has 2 heterocycles. The molecule has 0 amide bonds. The highest BCUT2D eigenvalue weighted by atomic mass is 16.5. The van der Waals surface area contributed by atoms with E-state index in [1.54, 1.807) is 7.05 Å². The van der Waals surface area contributed by atoms with Gasteiger partial charge in [-0.2, -0.15) is 0 Å². The average Bonchev–Trinajstić information content (AvgIpc) is 3.38. The van der Waals surface area contributed by atoms with Gasteiger partial charge in [-0.15, -0.1) is 0 Å². The van der Waals surface area contributed by atoms with Gasteiger partial charge in [0.1, 0.15) is 5.69 Å². The zero-order valence-corrected chi connectivity index (χ0v) is 16.7. The van der Waals surface area contributed by atoms with E-state index in [2.05, 4.69) is 57.1 Å². The molecular formula is C23H25N5O. The van der Waals surface area contributed by atoms with Gasteiger partial charge in [-0.05, 0) is 30.5 Å². The molecule has 0 saturated heterocycles. The summed E-state index contributed by atoms with van der Waals surface area (Å²) >= 11 is 0. The van der Waals surface area contributed by atoms with Gasteiger partial charge < -0.3 is 20.1 Å². The van der Waals surface area contributed by atoms with E-state index in [0.29, 0.717) is 6.54 Å². The molecule has 0 aliphatic heterocycles. The fourth-order valence-electron chi connectivity index (χ4n) is 3.35. The van der Waals surface area contributed by atoms with Gasteiger partial charge in [0.15, 0.2) is 11.7 Å². The minimum atomic E-state index is 0.544. The summed E-state index contributed by atoms with van der Waals surface area (Å²) in [5, 5.41) is 12.1. The maximum Gasteiger partial charge on any atom is 0.191 e. The molecular weight excluding hydrogens is 362 g/mol. The number of guanidine groups is 1. The van der Waals surface area contributed by atoms with Gasteiger partial charge in [0.2, 0.25) is 0 Å². The third-order valence-electron chi connectivity index (χ3n) is 4.89. The molecule has 0 aliphatic rings. The third kappa shape index (κ3) is 4.48. The summed E-state index contributed by atoms with van der Waals surface area (Å²) in [6.07, 6.45) is 2.99. The lowest BCUT2D eigenvalue weighted by atomic mass is 10.1. The predicted octanol–water partition coefficient (Wildman–Crippen LogP) is 4.04. The molecule has 4 rings (SSSR count). The number of aromatic amines is 1. The molecule has 0 aliphatic carbocycles. The van der Waals surface area contributed by atoms with Gasteiger partial charge in [-0.3, -0.25) is 4.99 Å². The molecule has 148 valence electrons. The van der Waals surface area contributed by atoms with Crippen LogP contribution in [0.15, 0.2) is 70.3 Å². The summed E-state index contributed by atoms with van der Waals surface area (Å²) in [6.45, 7) is 3.44. The highest BCUT2D eigenvalue weighted by molar-refractivity contribution is 5.84. The molecule has 2 aromatic carbocycles.